The molecule has 1 aromatic rings. The zero-order chi connectivity index (χ0) is 11.3. The smallest absolute Gasteiger partial charge is 0.0750 e. The van der Waals surface area contributed by atoms with Crippen molar-refractivity contribution in [3.8, 4) is 0 Å². The first-order chi connectivity index (χ1) is 7.05. The molecule has 1 rings (SSSR count). The van der Waals surface area contributed by atoms with Crippen molar-refractivity contribution in [2.24, 2.45) is 0 Å². The van der Waals surface area contributed by atoms with Crippen molar-refractivity contribution in [2.75, 3.05) is 18.9 Å². The fourth-order valence-corrected chi connectivity index (χ4v) is 2.18. The fraction of sp³-hybridized carbons (Fsp3) is 0.636. The second-order valence-corrected chi connectivity index (χ2v) is 5.10. The Hall–Kier alpha value is -0.580. The topological polar surface area (TPSA) is 47.3 Å². The summed E-state index contributed by atoms with van der Waals surface area (Å²) in [6.45, 7) is 8.58. The number of thiophene rings is 1. The molecule has 0 saturated carbocycles. The Morgan fingerprint density at radius 2 is 2.27 bits per heavy atom. The molecule has 4 heteroatoms. The van der Waals surface area contributed by atoms with Crippen LogP contribution in [0.3, 0.4) is 0 Å². The number of rotatable bonds is 6. The minimum Gasteiger partial charge on any atom is -0.398 e. The van der Waals surface area contributed by atoms with Crippen LogP contribution in [0.1, 0.15) is 25.6 Å². The molecule has 0 amide bonds. The Morgan fingerprint density at radius 3 is 2.80 bits per heavy atom. The maximum Gasteiger partial charge on any atom is 0.0750 e. The van der Waals surface area contributed by atoms with Gasteiger partial charge in [-0.2, -0.15) is 0 Å². The van der Waals surface area contributed by atoms with Gasteiger partial charge in [0.2, 0.25) is 0 Å². The summed E-state index contributed by atoms with van der Waals surface area (Å²) in [6, 6.07) is 1.94. The van der Waals surface area contributed by atoms with Crippen LogP contribution in [0.25, 0.3) is 0 Å². The molecular weight excluding hydrogens is 208 g/mol. The lowest BCUT2D eigenvalue weighted by molar-refractivity contribution is -0.00893. The van der Waals surface area contributed by atoms with Crippen LogP contribution in [0.4, 0.5) is 5.69 Å². The summed E-state index contributed by atoms with van der Waals surface area (Å²) < 4.78 is 5.59. The van der Waals surface area contributed by atoms with Gasteiger partial charge in [0.25, 0.3) is 0 Å². The number of hydrogen-bond donors (Lipinski definition) is 2. The van der Waals surface area contributed by atoms with Gasteiger partial charge in [0, 0.05) is 30.3 Å². The maximum atomic E-state index is 5.79. The summed E-state index contributed by atoms with van der Waals surface area (Å²) in [5.41, 5.74) is 6.55. The lowest BCUT2D eigenvalue weighted by Crippen LogP contribution is -2.37. The van der Waals surface area contributed by atoms with Crippen LogP contribution in [0, 0.1) is 0 Å². The largest absolute Gasteiger partial charge is 0.398 e. The van der Waals surface area contributed by atoms with Crippen molar-refractivity contribution in [1.82, 2.24) is 5.32 Å². The summed E-state index contributed by atoms with van der Waals surface area (Å²) in [5, 5.41) is 5.37. The zero-order valence-corrected chi connectivity index (χ0v) is 10.5. The second kappa shape index (κ2) is 5.49. The van der Waals surface area contributed by atoms with E-state index in [0.717, 1.165) is 25.4 Å². The van der Waals surface area contributed by atoms with Gasteiger partial charge in [-0.05, 0) is 32.2 Å². The molecule has 15 heavy (non-hydrogen) atoms. The first kappa shape index (κ1) is 12.5. The van der Waals surface area contributed by atoms with Gasteiger partial charge in [-0.15, -0.1) is 11.3 Å². The molecule has 0 saturated heterocycles. The molecule has 86 valence electrons. The average Bonchev–Trinajstić information content (AvgIpc) is 2.51. The number of ether oxygens (including phenoxy) is 1. The number of nitrogens with one attached hydrogen (secondary N) is 1. The van der Waals surface area contributed by atoms with E-state index in [2.05, 4.69) is 19.2 Å². The summed E-state index contributed by atoms with van der Waals surface area (Å²) >= 11 is 1.69. The Kier molecular flexibility index (Phi) is 4.57. The Labute approximate surface area is 95.6 Å². The zero-order valence-electron chi connectivity index (χ0n) is 9.67. The highest BCUT2D eigenvalue weighted by molar-refractivity contribution is 7.10. The molecule has 0 atom stereocenters. The highest BCUT2D eigenvalue weighted by Crippen LogP contribution is 2.18. The molecule has 0 aliphatic carbocycles. The highest BCUT2D eigenvalue weighted by Gasteiger charge is 2.16. The van der Waals surface area contributed by atoms with Gasteiger partial charge < -0.3 is 15.8 Å². The van der Waals surface area contributed by atoms with E-state index in [0.29, 0.717) is 0 Å². The van der Waals surface area contributed by atoms with E-state index in [9.17, 15) is 0 Å². The van der Waals surface area contributed by atoms with Crippen LogP contribution >= 0.6 is 11.3 Å². The molecule has 0 radical (unpaired) electrons. The maximum absolute atomic E-state index is 5.79. The van der Waals surface area contributed by atoms with Crippen molar-refractivity contribution in [3.05, 3.63) is 16.3 Å². The third-order valence-electron chi connectivity index (χ3n) is 2.15. The molecule has 0 aliphatic heterocycles. The number of nitrogen functional groups attached to an aromatic ring is 1. The number of hydrogen-bond acceptors (Lipinski definition) is 4. The minimum atomic E-state index is -0.110. The molecule has 1 heterocycles. The van der Waals surface area contributed by atoms with Gasteiger partial charge in [-0.3, -0.25) is 0 Å². The monoisotopic (exact) mass is 228 g/mol. The molecule has 3 nitrogen and oxygen atoms in total. The first-order valence-electron chi connectivity index (χ1n) is 5.21. The van der Waals surface area contributed by atoms with Crippen LogP contribution in [-0.2, 0) is 11.3 Å². The molecular formula is C11H20N2OS. The summed E-state index contributed by atoms with van der Waals surface area (Å²) in [7, 11) is 0. The van der Waals surface area contributed by atoms with E-state index < -0.39 is 0 Å². The van der Waals surface area contributed by atoms with Crippen LogP contribution < -0.4 is 11.1 Å². The van der Waals surface area contributed by atoms with Crippen LogP contribution in [0.15, 0.2) is 11.4 Å². The van der Waals surface area contributed by atoms with E-state index in [1.165, 1.54) is 4.88 Å². The Balaban J connectivity index is 2.30. The van der Waals surface area contributed by atoms with Crippen molar-refractivity contribution in [3.63, 3.8) is 0 Å². The molecule has 0 spiro atoms. The van der Waals surface area contributed by atoms with Gasteiger partial charge in [0.1, 0.15) is 0 Å². The second-order valence-electron chi connectivity index (χ2n) is 4.10. The molecule has 0 aromatic carbocycles. The van der Waals surface area contributed by atoms with E-state index >= 15 is 0 Å². The van der Waals surface area contributed by atoms with Gasteiger partial charge in [0.15, 0.2) is 0 Å². The molecule has 1 aromatic heterocycles. The quantitative estimate of drug-likeness (QED) is 0.785. The Bertz CT molecular complexity index is 297. The molecule has 3 N–H and O–H groups in total. The lowest BCUT2D eigenvalue weighted by atomic mass is 10.1. The van der Waals surface area contributed by atoms with Crippen molar-refractivity contribution < 1.29 is 4.74 Å². The van der Waals surface area contributed by atoms with Crippen LogP contribution in [-0.4, -0.2) is 18.8 Å². The molecule has 0 fully saturated rings. The van der Waals surface area contributed by atoms with E-state index in [1.54, 1.807) is 11.3 Å². The third-order valence-corrected chi connectivity index (χ3v) is 3.09. The number of nitrogens with two attached hydrogens (primary N) is 1. The van der Waals surface area contributed by atoms with Crippen LogP contribution in [0.2, 0.25) is 0 Å². The van der Waals surface area contributed by atoms with Gasteiger partial charge in [-0.1, -0.05) is 0 Å². The predicted octanol–water partition coefficient (Wildman–Crippen LogP) is 2.23. The first-order valence-corrected chi connectivity index (χ1v) is 6.09. The molecule has 0 aliphatic rings. The van der Waals surface area contributed by atoms with Crippen molar-refractivity contribution in [2.45, 2.75) is 32.9 Å². The highest BCUT2D eigenvalue weighted by atomic mass is 32.1. The average molecular weight is 228 g/mol. The summed E-state index contributed by atoms with van der Waals surface area (Å²) in [4.78, 5) is 1.20. The molecule has 0 unspecified atom stereocenters. The van der Waals surface area contributed by atoms with Crippen molar-refractivity contribution >= 4 is 17.0 Å². The van der Waals surface area contributed by atoms with Gasteiger partial charge in [0.05, 0.1) is 5.60 Å². The molecule has 0 bridgehead atoms. The van der Waals surface area contributed by atoms with Gasteiger partial charge >= 0.3 is 0 Å². The van der Waals surface area contributed by atoms with E-state index in [-0.39, 0.29) is 5.60 Å². The standard InChI is InChI=1S/C11H20N2OS/c1-4-14-11(2,3)8-13-7-10-9(12)5-6-15-10/h5-6,13H,4,7-8,12H2,1-3H3. The minimum absolute atomic E-state index is 0.110. The van der Waals surface area contributed by atoms with Crippen molar-refractivity contribution in [1.29, 1.82) is 0 Å². The predicted molar refractivity (Wildman–Crippen MR) is 66.1 cm³/mol. The van der Waals surface area contributed by atoms with E-state index in [1.807, 2.05) is 18.4 Å². The fourth-order valence-electron chi connectivity index (χ4n) is 1.41. The number of anilines is 1. The Morgan fingerprint density at radius 1 is 1.53 bits per heavy atom. The lowest BCUT2D eigenvalue weighted by Gasteiger charge is -2.24. The third kappa shape index (κ3) is 4.20. The summed E-state index contributed by atoms with van der Waals surface area (Å²) in [6.07, 6.45) is 0. The summed E-state index contributed by atoms with van der Waals surface area (Å²) in [5.74, 6) is 0. The normalized spacial score (nSPS) is 11.9. The van der Waals surface area contributed by atoms with Crippen LogP contribution in [0.5, 0.6) is 0 Å². The van der Waals surface area contributed by atoms with Gasteiger partial charge in [-0.25, -0.2) is 0 Å². The SMILES string of the molecule is CCOC(C)(C)CNCc1sccc1N. The van der Waals surface area contributed by atoms with E-state index in [4.69, 9.17) is 10.5 Å².